The van der Waals surface area contributed by atoms with E-state index in [4.69, 9.17) is 16.3 Å². The maximum absolute atomic E-state index is 13.5. The molecule has 0 radical (unpaired) electrons. The van der Waals surface area contributed by atoms with E-state index in [-0.39, 0.29) is 10.7 Å². The Morgan fingerprint density at radius 1 is 1.35 bits per heavy atom. The van der Waals surface area contributed by atoms with Crippen LogP contribution in [0.3, 0.4) is 0 Å². The predicted octanol–water partition coefficient (Wildman–Crippen LogP) is 3.37. The van der Waals surface area contributed by atoms with Crippen molar-refractivity contribution in [1.29, 1.82) is 0 Å². The molecule has 1 N–H and O–H groups in total. The van der Waals surface area contributed by atoms with Gasteiger partial charge in [0.1, 0.15) is 5.82 Å². The number of ether oxygens (including phenoxy) is 1. The second-order valence-electron chi connectivity index (χ2n) is 4.84. The fourth-order valence-corrected chi connectivity index (χ4v) is 1.88. The highest BCUT2D eigenvalue weighted by atomic mass is 35.5. The Balaban J connectivity index is 2.01. The van der Waals surface area contributed by atoms with Crippen molar-refractivity contribution < 1.29 is 18.7 Å². The van der Waals surface area contributed by atoms with Gasteiger partial charge in [-0.05, 0) is 43.7 Å². The van der Waals surface area contributed by atoms with Crippen LogP contribution in [0.25, 0.3) is 0 Å². The van der Waals surface area contributed by atoms with E-state index in [0.29, 0.717) is 11.3 Å². The monoisotopic (exact) mass is 336 g/mol. The lowest BCUT2D eigenvalue weighted by Crippen LogP contribution is -2.30. The van der Waals surface area contributed by atoms with Gasteiger partial charge < -0.3 is 10.1 Å². The van der Waals surface area contributed by atoms with E-state index >= 15 is 0 Å². The van der Waals surface area contributed by atoms with Gasteiger partial charge in [0.05, 0.1) is 11.3 Å². The number of hydrogen-bond acceptors (Lipinski definition) is 4. The SMILES string of the molecule is Cc1ccc(C(=O)O[C@@H](C)C(=O)Nc2cccnc2Cl)cc1F. The molecule has 1 heterocycles. The number of carbonyl (C=O) groups is 2. The summed E-state index contributed by atoms with van der Waals surface area (Å²) >= 11 is 5.83. The van der Waals surface area contributed by atoms with Gasteiger partial charge in [-0.1, -0.05) is 17.7 Å². The van der Waals surface area contributed by atoms with Crippen molar-refractivity contribution in [3.05, 3.63) is 58.6 Å². The van der Waals surface area contributed by atoms with Crippen molar-refractivity contribution in [3.63, 3.8) is 0 Å². The first-order valence-electron chi connectivity index (χ1n) is 6.77. The number of benzene rings is 1. The Hall–Kier alpha value is -2.47. The van der Waals surface area contributed by atoms with Crippen LogP contribution in [0.15, 0.2) is 36.5 Å². The number of rotatable bonds is 4. The molecule has 2 rings (SSSR count). The molecule has 1 aromatic carbocycles. The van der Waals surface area contributed by atoms with Gasteiger partial charge in [-0.25, -0.2) is 14.2 Å². The molecule has 0 saturated heterocycles. The standard InChI is InChI=1S/C16H14ClFN2O3/c1-9-5-6-11(8-12(9)18)16(22)23-10(2)15(21)20-13-4-3-7-19-14(13)17/h3-8,10H,1-2H3,(H,20,21)/t10-/m0/s1. The van der Waals surface area contributed by atoms with Crippen LogP contribution < -0.4 is 5.32 Å². The van der Waals surface area contributed by atoms with E-state index in [1.165, 1.54) is 25.3 Å². The lowest BCUT2D eigenvalue weighted by atomic mass is 10.1. The zero-order valence-corrected chi connectivity index (χ0v) is 13.2. The first-order chi connectivity index (χ1) is 10.9. The van der Waals surface area contributed by atoms with Gasteiger partial charge in [0, 0.05) is 6.20 Å². The van der Waals surface area contributed by atoms with Crippen molar-refractivity contribution in [2.45, 2.75) is 20.0 Å². The molecule has 0 aliphatic rings. The van der Waals surface area contributed by atoms with Gasteiger partial charge >= 0.3 is 5.97 Å². The number of aromatic nitrogens is 1. The van der Waals surface area contributed by atoms with Crippen LogP contribution in [0.1, 0.15) is 22.8 Å². The van der Waals surface area contributed by atoms with E-state index in [2.05, 4.69) is 10.3 Å². The van der Waals surface area contributed by atoms with Crippen LogP contribution in [-0.4, -0.2) is 23.0 Å². The summed E-state index contributed by atoms with van der Waals surface area (Å²) in [6, 6.07) is 7.14. The van der Waals surface area contributed by atoms with Gasteiger partial charge in [0.25, 0.3) is 5.91 Å². The first-order valence-corrected chi connectivity index (χ1v) is 7.15. The third kappa shape index (κ3) is 4.26. The minimum atomic E-state index is -1.08. The molecule has 0 aliphatic carbocycles. The summed E-state index contributed by atoms with van der Waals surface area (Å²) < 4.78 is 18.5. The molecule has 5 nitrogen and oxygen atoms in total. The minimum Gasteiger partial charge on any atom is -0.449 e. The molecule has 0 fully saturated rings. The minimum absolute atomic E-state index is 0.0344. The predicted molar refractivity (Wildman–Crippen MR) is 83.9 cm³/mol. The van der Waals surface area contributed by atoms with Crippen LogP contribution in [0, 0.1) is 12.7 Å². The average Bonchev–Trinajstić information content (AvgIpc) is 2.52. The van der Waals surface area contributed by atoms with Gasteiger partial charge in [-0.15, -0.1) is 0 Å². The molecule has 0 unspecified atom stereocenters. The molecule has 0 spiro atoms. The lowest BCUT2D eigenvalue weighted by Gasteiger charge is -2.14. The van der Waals surface area contributed by atoms with Gasteiger partial charge in [0.15, 0.2) is 11.3 Å². The Morgan fingerprint density at radius 3 is 2.74 bits per heavy atom. The summed E-state index contributed by atoms with van der Waals surface area (Å²) in [7, 11) is 0. The zero-order chi connectivity index (χ0) is 17.0. The maximum atomic E-state index is 13.5. The number of nitrogens with zero attached hydrogens (tertiary/aromatic N) is 1. The normalized spacial score (nSPS) is 11.7. The summed E-state index contributed by atoms with van der Waals surface area (Å²) in [5.74, 6) is -1.87. The van der Waals surface area contributed by atoms with E-state index < -0.39 is 23.8 Å². The Kier molecular flexibility index (Phi) is 5.28. The highest BCUT2D eigenvalue weighted by Gasteiger charge is 2.20. The van der Waals surface area contributed by atoms with Crippen molar-refractivity contribution in [2.24, 2.45) is 0 Å². The van der Waals surface area contributed by atoms with Crippen molar-refractivity contribution in [2.75, 3.05) is 5.32 Å². The molecule has 0 saturated carbocycles. The number of carbonyl (C=O) groups excluding carboxylic acids is 2. The number of hydrogen-bond donors (Lipinski definition) is 1. The van der Waals surface area contributed by atoms with Crippen molar-refractivity contribution >= 4 is 29.2 Å². The van der Waals surface area contributed by atoms with E-state index in [0.717, 1.165) is 6.07 Å². The van der Waals surface area contributed by atoms with Gasteiger partial charge in [-0.3, -0.25) is 4.79 Å². The largest absolute Gasteiger partial charge is 0.449 e. The lowest BCUT2D eigenvalue weighted by molar-refractivity contribution is -0.123. The third-order valence-electron chi connectivity index (χ3n) is 3.08. The summed E-state index contributed by atoms with van der Waals surface area (Å²) in [4.78, 5) is 27.8. The second kappa shape index (κ2) is 7.19. The molecule has 0 aliphatic heterocycles. The highest BCUT2D eigenvalue weighted by molar-refractivity contribution is 6.32. The smallest absolute Gasteiger partial charge is 0.339 e. The van der Waals surface area contributed by atoms with Gasteiger partial charge in [0.2, 0.25) is 0 Å². The molecular formula is C16H14ClFN2O3. The molecule has 0 bridgehead atoms. The average molecular weight is 337 g/mol. The molecule has 1 amide bonds. The fourth-order valence-electron chi connectivity index (χ4n) is 1.72. The summed E-state index contributed by atoms with van der Waals surface area (Å²) in [6.07, 6.45) is 0.399. The highest BCUT2D eigenvalue weighted by Crippen LogP contribution is 2.18. The number of aryl methyl sites for hydroxylation is 1. The Labute approximate surface area is 137 Å². The van der Waals surface area contributed by atoms with Crippen LogP contribution in [0.5, 0.6) is 0 Å². The first kappa shape index (κ1) is 16.9. The number of halogens is 2. The Morgan fingerprint density at radius 2 is 2.09 bits per heavy atom. The number of pyridine rings is 1. The quantitative estimate of drug-likeness (QED) is 0.686. The van der Waals surface area contributed by atoms with Crippen molar-refractivity contribution in [1.82, 2.24) is 4.98 Å². The molecule has 1 atom stereocenters. The second-order valence-corrected chi connectivity index (χ2v) is 5.20. The maximum Gasteiger partial charge on any atom is 0.339 e. The fraction of sp³-hybridized carbons (Fsp3) is 0.188. The molecule has 120 valence electrons. The number of esters is 1. The number of nitrogens with one attached hydrogen (secondary N) is 1. The third-order valence-corrected chi connectivity index (χ3v) is 3.38. The summed E-state index contributed by atoms with van der Waals surface area (Å²) in [5, 5.41) is 2.63. The summed E-state index contributed by atoms with van der Waals surface area (Å²) in [6.45, 7) is 2.99. The van der Waals surface area contributed by atoms with E-state index in [1.54, 1.807) is 19.1 Å². The topological polar surface area (TPSA) is 68.3 Å². The molecule has 1 aromatic heterocycles. The van der Waals surface area contributed by atoms with Gasteiger partial charge in [-0.2, -0.15) is 0 Å². The van der Waals surface area contributed by atoms with Crippen LogP contribution in [0.4, 0.5) is 10.1 Å². The number of amides is 1. The van der Waals surface area contributed by atoms with Crippen molar-refractivity contribution in [3.8, 4) is 0 Å². The van der Waals surface area contributed by atoms with Crippen LogP contribution in [0.2, 0.25) is 5.15 Å². The van der Waals surface area contributed by atoms with Crippen LogP contribution >= 0.6 is 11.6 Å². The summed E-state index contributed by atoms with van der Waals surface area (Å²) in [5.41, 5.74) is 0.758. The van der Waals surface area contributed by atoms with Crippen LogP contribution in [-0.2, 0) is 9.53 Å². The molecule has 23 heavy (non-hydrogen) atoms. The molecular weight excluding hydrogens is 323 g/mol. The number of anilines is 1. The van der Waals surface area contributed by atoms with E-state index in [1.807, 2.05) is 0 Å². The Bertz CT molecular complexity index is 752. The molecule has 2 aromatic rings. The van der Waals surface area contributed by atoms with E-state index in [9.17, 15) is 14.0 Å². The molecule has 7 heteroatoms. The zero-order valence-electron chi connectivity index (χ0n) is 12.5.